The summed E-state index contributed by atoms with van der Waals surface area (Å²) in [6.07, 6.45) is 2.92. The van der Waals surface area contributed by atoms with Crippen molar-refractivity contribution in [2.45, 2.75) is 43.0 Å². The van der Waals surface area contributed by atoms with E-state index in [4.69, 9.17) is 0 Å². The number of hydrogen-bond donors (Lipinski definition) is 3. The normalized spacial score (nSPS) is 18.5. The highest BCUT2D eigenvalue weighted by Crippen LogP contribution is 2.34. The first-order chi connectivity index (χ1) is 13.2. The molecular formula is C18H24N4O5S. The van der Waals surface area contributed by atoms with Crippen molar-refractivity contribution < 1.29 is 22.8 Å². The maximum Gasteiger partial charge on any atom is 0.325 e. The van der Waals surface area contributed by atoms with Crippen LogP contribution in [0.1, 0.15) is 31.2 Å². The molecule has 1 saturated heterocycles. The van der Waals surface area contributed by atoms with Crippen LogP contribution >= 0.6 is 0 Å². The molecule has 9 nitrogen and oxygen atoms in total. The summed E-state index contributed by atoms with van der Waals surface area (Å²) < 4.78 is 26.7. The highest BCUT2D eigenvalue weighted by Gasteiger charge is 2.52. The maximum absolute atomic E-state index is 12.5. The number of rotatable bonds is 7. The van der Waals surface area contributed by atoms with Gasteiger partial charge in [-0.1, -0.05) is 30.5 Å². The van der Waals surface area contributed by atoms with E-state index in [1.54, 1.807) is 12.1 Å². The lowest BCUT2D eigenvalue weighted by Crippen LogP contribution is -2.46. The molecule has 1 saturated carbocycles. The van der Waals surface area contributed by atoms with Crippen molar-refractivity contribution in [3.63, 3.8) is 0 Å². The van der Waals surface area contributed by atoms with E-state index in [0.29, 0.717) is 12.8 Å². The minimum Gasteiger partial charge on any atom is -0.353 e. The molecule has 4 amide bonds. The molecule has 1 aromatic rings. The maximum atomic E-state index is 12.5. The van der Waals surface area contributed by atoms with Crippen molar-refractivity contribution in [3.05, 3.63) is 29.8 Å². The second kappa shape index (κ2) is 7.88. The highest BCUT2D eigenvalue weighted by molar-refractivity contribution is 7.89. The Hall–Kier alpha value is -2.46. The summed E-state index contributed by atoms with van der Waals surface area (Å²) in [5, 5.41) is 5.23. The Morgan fingerprint density at radius 3 is 2.43 bits per heavy atom. The van der Waals surface area contributed by atoms with E-state index in [1.165, 1.54) is 12.1 Å². The molecular weight excluding hydrogens is 384 g/mol. The molecule has 2 aliphatic rings. The molecule has 0 radical (unpaired) electrons. The minimum absolute atomic E-state index is 0.00791. The van der Waals surface area contributed by atoms with E-state index in [0.717, 1.165) is 23.3 Å². The standard InChI is InChI=1S/C18H24N4O5S/c1-13-4-6-14(7-5-13)28(26,27)20-11-10-19-15(23)12-22-16(24)18(21-17(22)25)8-2-3-9-18/h4-7,20H,2-3,8-12H2,1H3,(H,19,23)(H,21,25). The third-order valence-electron chi connectivity index (χ3n) is 5.08. The van der Waals surface area contributed by atoms with Crippen LogP contribution in [0.25, 0.3) is 0 Å². The van der Waals surface area contributed by atoms with E-state index in [2.05, 4.69) is 15.4 Å². The lowest BCUT2D eigenvalue weighted by molar-refractivity contribution is -0.134. The lowest BCUT2D eigenvalue weighted by Gasteiger charge is -2.19. The Morgan fingerprint density at radius 1 is 1.14 bits per heavy atom. The summed E-state index contributed by atoms with van der Waals surface area (Å²) in [4.78, 5) is 37.7. The first kappa shape index (κ1) is 20.3. The first-order valence-corrected chi connectivity index (χ1v) is 10.7. The van der Waals surface area contributed by atoms with Gasteiger partial charge < -0.3 is 10.6 Å². The Morgan fingerprint density at radius 2 is 1.79 bits per heavy atom. The third-order valence-corrected chi connectivity index (χ3v) is 6.55. The molecule has 0 unspecified atom stereocenters. The van der Waals surface area contributed by atoms with Gasteiger partial charge in [0.05, 0.1) is 4.90 Å². The predicted octanol–water partition coefficient (Wildman–Crippen LogP) is 0.254. The smallest absolute Gasteiger partial charge is 0.325 e. The Kier molecular flexibility index (Phi) is 5.71. The number of urea groups is 1. The molecule has 1 aliphatic heterocycles. The number of carbonyl (C=O) groups is 3. The van der Waals surface area contributed by atoms with Crippen molar-refractivity contribution in [3.8, 4) is 0 Å². The molecule has 10 heteroatoms. The fourth-order valence-corrected chi connectivity index (χ4v) is 4.56. The molecule has 1 aliphatic carbocycles. The van der Waals surface area contributed by atoms with Gasteiger partial charge in [0.15, 0.2) is 0 Å². The number of hydrogen-bond acceptors (Lipinski definition) is 5. The second-order valence-corrected chi connectivity index (χ2v) is 8.94. The van der Waals surface area contributed by atoms with Crippen LogP contribution in [0.3, 0.4) is 0 Å². The number of aryl methyl sites for hydroxylation is 1. The van der Waals surface area contributed by atoms with Crippen molar-refractivity contribution in [2.24, 2.45) is 0 Å². The van der Waals surface area contributed by atoms with Crippen molar-refractivity contribution in [2.75, 3.05) is 19.6 Å². The summed E-state index contributed by atoms with van der Waals surface area (Å²) >= 11 is 0. The summed E-state index contributed by atoms with van der Waals surface area (Å²) in [5.74, 6) is -0.877. The Bertz CT molecular complexity index is 876. The number of sulfonamides is 1. The molecule has 0 aromatic heterocycles. The van der Waals surface area contributed by atoms with Gasteiger partial charge in [-0.25, -0.2) is 17.9 Å². The van der Waals surface area contributed by atoms with E-state index >= 15 is 0 Å². The van der Waals surface area contributed by atoms with Gasteiger partial charge in [-0.2, -0.15) is 0 Å². The van der Waals surface area contributed by atoms with E-state index < -0.39 is 27.5 Å². The fraction of sp³-hybridized carbons (Fsp3) is 0.500. The van der Waals surface area contributed by atoms with Gasteiger partial charge in [0.2, 0.25) is 15.9 Å². The van der Waals surface area contributed by atoms with Crippen LogP contribution in [0.15, 0.2) is 29.2 Å². The molecule has 152 valence electrons. The van der Waals surface area contributed by atoms with Gasteiger partial charge in [0, 0.05) is 13.1 Å². The van der Waals surface area contributed by atoms with Gasteiger partial charge >= 0.3 is 6.03 Å². The van der Waals surface area contributed by atoms with Gasteiger partial charge in [0.1, 0.15) is 12.1 Å². The van der Waals surface area contributed by atoms with Crippen LogP contribution in [-0.2, 0) is 19.6 Å². The topological polar surface area (TPSA) is 125 Å². The highest BCUT2D eigenvalue weighted by atomic mass is 32.2. The molecule has 3 N–H and O–H groups in total. The predicted molar refractivity (Wildman–Crippen MR) is 101 cm³/mol. The van der Waals surface area contributed by atoms with Gasteiger partial charge in [-0.05, 0) is 31.9 Å². The van der Waals surface area contributed by atoms with Crippen LogP contribution in [0.4, 0.5) is 4.79 Å². The zero-order chi connectivity index (χ0) is 20.4. The molecule has 3 rings (SSSR count). The molecule has 28 heavy (non-hydrogen) atoms. The molecule has 0 atom stereocenters. The summed E-state index contributed by atoms with van der Waals surface area (Å²) in [5.41, 5.74) is 0.104. The van der Waals surface area contributed by atoms with Crippen molar-refractivity contribution in [1.82, 2.24) is 20.3 Å². The summed E-state index contributed by atoms with van der Waals surface area (Å²) in [7, 11) is -3.66. The fourth-order valence-electron chi connectivity index (χ4n) is 3.52. The average Bonchev–Trinajstić information content (AvgIpc) is 3.20. The third kappa shape index (κ3) is 4.17. The zero-order valence-corrected chi connectivity index (χ0v) is 16.5. The summed E-state index contributed by atoms with van der Waals surface area (Å²) in [6.45, 7) is 1.52. The molecule has 1 heterocycles. The SMILES string of the molecule is Cc1ccc(S(=O)(=O)NCCNC(=O)CN2C(=O)NC3(CCCC3)C2=O)cc1. The minimum atomic E-state index is -3.66. The number of benzene rings is 1. The zero-order valence-electron chi connectivity index (χ0n) is 15.7. The Balaban J connectivity index is 1.45. The average molecular weight is 408 g/mol. The number of amides is 4. The van der Waals surface area contributed by atoms with Crippen LogP contribution in [0.5, 0.6) is 0 Å². The summed E-state index contributed by atoms with van der Waals surface area (Å²) in [6, 6.07) is 5.86. The monoisotopic (exact) mass is 408 g/mol. The van der Waals surface area contributed by atoms with E-state index in [9.17, 15) is 22.8 Å². The molecule has 1 spiro atoms. The van der Waals surface area contributed by atoms with Crippen LogP contribution in [-0.4, -0.2) is 56.3 Å². The van der Waals surface area contributed by atoms with Crippen molar-refractivity contribution in [1.29, 1.82) is 0 Å². The van der Waals surface area contributed by atoms with Crippen LogP contribution in [0.2, 0.25) is 0 Å². The molecule has 1 aromatic carbocycles. The lowest BCUT2D eigenvalue weighted by atomic mass is 9.98. The van der Waals surface area contributed by atoms with E-state index in [-0.39, 0.29) is 30.4 Å². The quantitative estimate of drug-likeness (QED) is 0.441. The van der Waals surface area contributed by atoms with Crippen LogP contribution < -0.4 is 15.4 Å². The number of nitrogens with zero attached hydrogens (tertiary/aromatic N) is 1. The number of nitrogens with one attached hydrogen (secondary N) is 3. The molecule has 2 fully saturated rings. The van der Waals surface area contributed by atoms with Gasteiger partial charge in [-0.3, -0.25) is 14.5 Å². The van der Waals surface area contributed by atoms with E-state index in [1.807, 2.05) is 6.92 Å². The second-order valence-electron chi connectivity index (χ2n) is 7.17. The number of imide groups is 1. The van der Waals surface area contributed by atoms with Crippen molar-refractivity contribution >= 4 is 27.9 Å². The first-order valence-electron chi connectivity index (χ1n) is 9.21. The van der Waals surface area contributed by atoms with Gasteiger partial charge in [-0.15, -0.1) is 0 Å². The molecule has 0 bridgehead atoms. The van der Waals surface area contributed by atoms with Gasteiger partial charge in [0.25, 0.3) is 5.91 Å². The number of carbonyl (C=O) groups excluding carboxylic acids is 3. The van der Waals surface area contributed by atoms with Crippen LogP contribution in [0, 0.1) is 6.92 Å². The Labute approximate surface area is 163 Å². The largest absolute Gasteiger partial charge is 0.353 e.